The Hall–Kier alpha value is -2.03. The van der Waals surface area contributed by atoms with E-state index in [2.05, 4.69) is 31.2 Å². The zero-order valence-corrected chi connectivity index (χ0v) is 17.3. The molecular weight excluding hydrogens is 441 g/mol. The Morgan fingerprint density at radius 1 is 1.15 bits per heavy atom. The summed E-state index contributed by atoms with van der Waals surface area (Å²) in [6.45, 7) is 4.31. The van der Waals surface area contributed by atoms with Gasteiger partial charge in [0.2, 0.25) is 0 Å². The van der Waals surface area contributed by atoms with E-state index >= 15 is 0 Å². The van der Waals surface area contributed by atoms with E-state index in [-0.39, 0.29) is 24.0 Å². The summed E-state index contributed by atoms with van der Waals surface area (Å²) in [5.41, 5.74) is 2.12. The summed E-state index contributed by atoms with van der Waals surface area (Å²) in [6, 6.07) is 11.6. The molecule has 7 heteroatoms. The van der Waals surface area contributed by atoms with Crippen molar-refractivity contribution in [1.29, 1.82) is 0 Å². The van der Waals surface area contributed by atoms with Crippen molar-refractivity contribution >= 4 is 35.6 Å². The van der Waals surface area contributed by atoms with Gasteiger partial charge in [-0.25, -0.2) is 0 Å². The number of aliphatic imine (C=N–C) groups is 1. The summed E-state index contributed by atoms with van der Waals surface area (Å²) in [4.78, 5) is 13.0. The topological polar surface area (TPSA) is 64.0 Å². The fourth-order valence-corrected chi connectivity index (χ4v) is 3.09. The molecule has 2 heterocycles. The highest BCUT2D eigenvalue weighted by molar-refractivity contribution is 14.0. The molecule has 0 saturated carbocycles. The van der Waals surface area contributed by atoms with Crippen molar-refractivity contribution in [3.05, 3.63) is 54.4 Å². The molecule has 0 aliphatic carbocycles. The van der Waals surface area contributed by atoms with Crippen molar-refractivity contribution < 1.29 is 5.11 Å². The van der Waals surface area contributed by atoms with Crippen LogP contribution in [-0.4, -0.2) is 60.7 Å². The van der Waals surface area contributed by atoms with Crippen molar-refractivity contribution in [2.24, 2.45) is 4.99 Å². The maximum Gasteiger partial charge on any atom is 0.193 e. The van der Waals surface area contributed by atoms with Crippen molar-refractivity contribution in [1.82, 2.24) is 15.2 Å². The number of halogens is 1. The quantitative estimate of drug-likeness (QED) is 0.411. The predicted molar refractivity (Wildman–Crippen MR) is 117 cm³/mol. The number of guanidine groups is 1. The zero-order chi connectivity index (χ0) is 17.5. The van der Waals surface area contributed by atoms with E-state index in [4.69, 9.17) is 0 Å². The number of phenolic OH excluding ortho intramolecular Hbond substituents is 1. The number of anilines is 1. The second-order valence-electron chi connectivity index (χ2n) is 6.05. The minimum atomic E-state index is 0. The fourth-order valence-electron chi connectivity index (χ4n) is 3.09. The van der Waals surface area contributed by atoms with Crippen LogP contribution in [0.5, 0.6) is 5.75 Å². The second-order valence-corrected chi connectivity index (χ2v) is 6.05. The molecule has 0 radical (unpaired) electrons. The number of phenols is 1. The first-order valence-electron chi connectivity index (χ1n) is 8.65. The number of para-hydroxylation sites is 2. The molecule has 140 valence electrons. The van der Waals surface area contributed by atoms with Crippen LogP contribution in [0.25, 0.3) is 0 Å². The van der Waals surface area contributed by atoms with Gasteiger partial charge in [0.25, 0.3) is 0 Å². The average molecular weight is 467 g/mol. The largest absolute Gasteiger partial charge is 0.506 e. The minimum absolute atomic E-state index is 0. The molecule has 1 fully saturated rings. The van der Waals surface area contributed by atoms with Gasteiger partial charge in [-0.15, -0.1) is 24.0 Å². The molecule has 0 spiro atoms. The summed E-state index contributed by atoms with van der Waals surface area (Å²) in [5.74, 6) is 1.27. The number of rotatable bonds is 4. The summed E-state index contributed by atoms with van der Waals surface area (Å²) >= 11 is 0. The number of pyridine rings is 1. The van der Waals surface area contributed by atoms with Gasteiger partial charge in [-0.05, 0) is 30.2 Å². The normalized spacial score (nSPS) is 14.7. The Kier molecular flexibility index (Phi) is 7.96. The Labute approximate surface area is 172 Å². The molecule has 26 heavy (non-hydrogen) atoms. The first kappa shape index (κ1) is 20.3. The van der Waals surface area contributed by atoms with E-state index in [1.54, 1.807) is 12.3 Å². The number of aromatic nitrogens is 1. The number of nitrogens with one attached hydrogen (secondary N) is 1. The van der Waals surface area contributed by atoms with Gasteiger partial charge in [0, 0.05) is 52.2 Å². The molecule has 3 rings (SSSR count). The number of benzene rings is 1. The van der Waals surface area contributed by atoms with E-state index in [1.807, 2.05) is 37.5 Å². The van der Waals surface area contributed by atoms with Gasteiger partial charge in [0.1, 0.15) is 5.75 Å². The Bertz CT molecular complexity index is 702. The zero-order valence-electron chi connectivity index (χ0n) is 15.0. The Balaban J connectivity index is 0.00000243. The molecule has 0 bridgehead atoms. The van der Waals surface area contributed by atoms with Crippen LogP contribution < -0.4 is 10.2 Å². The number of aromatic hydroxyl groups is 1. The van der Waals surface area contributed by atoms with Gasteiger partial charge in [-0.2, -0.15) is 0 Å². The number of piperazine rings is 1. The summed E-state index contributed by atoms with van der Waals surface area (Å²) < 4.78 is 0. The average Bonchev–Trinajstić information content (AvgIpc) is 2.67. The van der Waals surface area contributed by atoms with Crippen LogP contribution >= 0.6 is 24.0 Å². The smallest absolute Gasteiger partial charge is 0.193 e. The molecule has 0 unspecified atom stereocenters. The van der Waals surface area contributed by atoms with Gasteiger partial charge >= 0.3 is 0 Å². The third kappa shape index (κ3) is 5.23. The molecule has 2 aromatic rings. The third-order valence-corrected chi connectivity index (χ3v) is 4.43. The summed E-state index contributed by atoms with van der Waals surface area (Å²) in [5, 5.41) is 13.4. The number of nitrogens with zero attached hydrogens (tertiary/aromatic N) is 4. The van der Waals surface area contributed by atoms with E-state index < -0.39 is 0 Å². The van der Waals surface area contributed by atoms with Crippen LogP contribution in [0, 0.1) is 0 Å². The lowest BCUT2D eigenvalue weighted by Gasteiger charge is -2.37. The van der Waals surface area contributed by atoms with Crippen molar-refractivity contribution in [3.63, 3.8) is 0 Å². The van der Waals surface area contributed by atoms with Crippen LogP contribution in [0.3, 0.4) is 0 Å². The van der Waals surface area contributed by atoms with Crippen LogP contribution in [0.1, 0.15) is 5.56 Å². The molecule has 1 aliphatic heterocycles. The summed E-state index contributed by atoms with van der Waals surface area (Å²) in [6.07, 6.45) is 4.61. The lowest BCUT2D eigenvalue weighted by Crippen LogP contribution is -2.52. The molecule has 2 N–H and O–H groups in total. The maximum absolute atomic E-state index is 10.0. The molecule has 1 aromatic carbocycles. The standard InChI is InChI=1S/C19H25N5O.HI/c1-20-19(22-10-8-16-5-4-9-21-15-16)24-13-11-23(12-14-24)17-6-2-3-7-18(17)25;/h2-7,9,15,25H,8,10-14H2,1H3,(H,20,22);1H. The summed E-state index contributed by atoms with van der Waals surface area (Å²) in [7, 11) is 1.82. The van der Waals surface area contributed by atoms with E-state index in [0.29, 0.717) is 5.75 Å². The van der Waals surface area contributed by atoms with Crippen molar-refractivity contribution in [2.75, 3.05) is 44.7 Å². The highest BCUT2D eigenvalue weighted by Gasteiger charge is 2.21. The van der Waals surface area contributed by atoms with E-state index in [1.165, 1.54) is 5.56 Å². The van der Waals surface area contributed by atoms with Crippen molar-refractivity contribution in [2.45, 2.75) is 6.42 Å². The van der Waals surface area contributed by atoms with Crippen LogP contribution in [0.15, 0.2) is 53.8 Å². The highest BCUT2D eigenvalue weighted by Crippen LogP contribution is 2.27. The van der Waals surface area contributed by atoms with Gasteiger partial charge in [-0.1, -0.05) is 18.2 Å². The molecule has 1 saturated heterocycles. The number of hydrogen-bond donors (Lipinski definition) is 2. The van der Waals surface area contributed by atoms with Crippen LogP contribution in [-0.2, 0) is 6.42 Å². The van der Waals surface area contributed by atoms with Gasteiger partial charge < -0.3 is 20.2 Å². The molecular formula is C19H26IN5O. The molecule has 0 atom stereocenters. The Morgan fingerprint density at radius 3 is 2.58 bits per heavy atom. The highest BCUT2D eigenvalue weighted by atomic mass is 127. The SMILES string of the molecule is CN=C(NCCc1cccnc1)N1CCN(c2ccccc2O)CC1.I. The lowest BCUT2D eigenvalue weighted by molar-refractivity contribution is 0.370. The van der Waals surface area contributed by atoms with Gasteiger partial charge in [0.05, 0.1) is 5.69 Å². The first-order chi connectivity index (χ1) is 12.3. The maximum atomic E-state index is 10.0. The van der Waals surface area contributed by atoms with Gasteiger partial charge in [0.15, 0.2) is 5.96 Å². The molecule has 1 aliphatic rings. The Morgan fingerprint density at radius 2 is 1.92 bits per heavy atom. The first-order valence-corrected chi connectivity index (χ1v) is 8.65. The van der Waals surface area contributed by atoms with E-state index in [0.717, 1.165) is 50.8 Å². The lowest BCUT2D eigenvalue weighted by atomic mass is 10.2. The van der Waals surface area contributed by atoms with Crippen LogP contribution in [0.2, 0.25) is 0 Å². The molecule has 1 aromatic heterocycles. The van der Waals surface area contributed by atoms with Crippen LogP contribution in [0.4, 0.5) is 5.69 Å². The monoisotopic (exact) mass is 467 g/mol. The van der Waals surface area contributed by atoms with Gasteiger partial charge in [-0.3, -0.25) is 9.98 Å². The fraction of sp³-hybridized carbons (Fsp3) is 0.368. The molecule has 6 nitrogen and oxygen atoms in total. The van der Waals surface area contributed by atoms with Crippen molar-refractivity contribution in [3.8, 4) is 5.75 Å². The minimum Gasteiger partial charge on any atom is -0.506 e. The predicted octanol–water partition coefficient (Wildman–Crippen LogP) is 2.35. The number of hydrogen-bond acceptors (Lipinski definition) is 4. The second kappa shape index (κ2) is 10.2. The molecule has 0 amide bonds. The van der Waals surface area contributed by atoms with E-state index in [9.17, 15) is 5.11 Å². The third-order valence-electron chi connectivity index (χ3n) is 4.43.